The summed E-state index contributed by atoms with van der Waals surface area (Å²) in [4.78, 5) is 8.46. The number of rotatable bonds is 4. The van der Waals surface area contributed by atoms with E-state index in [0.29, 0.717) is 22.5 Å². The third kappa shape index (κ3) is 3.69. The summed E-state index contributed by atoms with van der Waals surface area (Å²) >= 11 is 17.8. The number of aromatic amines is 1. The molecule has 2 aromatic heterocycles. The first kappa shape index (κ1) is 19.7. The minimum Gasteiger partial charge on any atom is -0.380 e. The Morgan fingerprint density at radius 3 is 2.45 bits per heavy atom. The third-order valence-corrected chi connectivity index (χ3v) is 6.85. The van der Waals surface area contributed by atoms with Gasteiger partial charge in [-0.1, -0.05) is 46.9 Å². The molecule has 0 aliphatic rings. The maximum atomic E-state index is 12.6. The van der Waals surface area contributed by atoms with Crippen LogP contribution in [0, 0.1) is 0 Å². The lowest BCUT2D eigenvalue weighted by Gasteiger charge is -2.11. The van der Waals surface area contributed by atoms with Crippen molar-refractivity contribution in [3.05, 3.63) is 57.7 Å². The van der Waals surface area contributed by atoms with Crippen molar-refractivity contribution in [3.63, 3.8) is 0 Å². The molecule has 0 fully saturated rings. The Balaban J connectivity index is 1.61. The molecule has 0 amide bonds. The molecular weight excluding hydrogens is 459 g/mol. The largest absolute Gasteiger partial charge is 0.380 e. The lowest BCUT2D eigenvalue weighted by Crippen LogP contribution is -2.13. The monoisotopic (exact) mass is 468 g/mol. The van der Waals surface area contributed by atoms with E-state index in [-0.39, 0.29) is 25.8 Å². The highest BCUT2D eigenvalue weighted by Gasteiger charge is 2.21. The van der Waals surface area contributed by atoms with E-state index in [1.54, 1.807) is 30.5 Å². The number of halogens is 3. The first-order valence-electron chi connectivity index (χ1n) is 7.99. The Kier molecular flexibility index (Phi) is 4.99. The van der Waals surface area contributed by atoms with Crippen molar-refractivity contribution < 1.29 is 8.42 Å². The third-order valence-electron chi connectivity index (χ3n) is 4.02. The van der Waals surface area contributed by atoms with Crippen LogP contribution in [0.1, 0.15) is 0 Å². The van der Waals surface area contributed by atoms with Gasteiger partial charge in [0.2, 0.25) is 0 Å². The molecule has 4 N–H and O–H groups in total. The normalized spacial score (nSPS) is 11.7. The second-order valence-electron chi connectivity index (χ2n) is 5.92. The maximum absolute atomic E-state index is 12.6. The Labute approximate surface area is 180 Å². The molecule has 148 valence electrons. The van der Waals surface area contributed by atoms with Gasteiger partial charge in [-0.3, -0.25) is 9.82 Å². The fourth-order valence-corrected chi connectivity index (χ4v) is 4.63. The maximum Gasteiger partial charge on any atom is 0.263 e. The Bertz CT molecular complexity index is 1340. The van der Waals surface area contributed by atoms with E-state index in [1.807, 2.05) is 0 Å². The first-order valence-corrected chi connectivity index (χ1v) is 10.6. The predicted molar refractivity (Wildman–Crippen MR) is 114 cm³/mol. The molecule has 0 saturated carbocycles. The summed E-state index contributed by atoms with van der Waals surface area (Å²) in [6.07, 6.45) is 1.56. The first-order chi connectivity index (χ1) is 13.8. The fraction of sp³-hybridized carbons (Fsp3) is 0. The molecule has 29 heavy (non-hydrogen) atoms. The second-order valence-corrected chi connectivity index (χ2v) is 8.73. The van der Waals surface area contributed by atoms with Gasteiger partial charge in [-0.15, -0.1) is 0 Å². The zero-order valence-corrected chi connectivity index (χ0v) is 17.4. The molecule has 0 radical (unpaired) electrons. The Morgan fingerprint density at radius 2 is 1.72 bits per heavy atom. The zero-order chi connectivity index (χ0) is 20.8. The van der Waals surface area contributed by atoms with E-state index in [1.165, 1.54) is 12.1 Å². The van der Waals surface area contributed by atoms with E-state index in [9.17, 15) is 8.42 Å². The topological polar surface area (TPSA) is 127 Å². The van der Waals surface area contributed by atoms with Crippen LogP contribution in [0.25, 0.3) is 22.4 Å². The molecule has 0 aliphatic carbocycles. The van der Waals surface area contributed by atoms with Crippen LogP contribution in [0.4, 0.5) is 11.5 Å². The lowest BCUT2D eigenvalue weighted by atomic mass is 10.1. The number of anilines is 2. The lowest BCUT2D eigenvalue weighted by molar-refractivity contribution is 0.601. The average Bonchev–Trinajstić information content (AvgIpc) is 3.06. The van der Waals surface area contributed by atoms with Gasteiger partial charge in [0.05, 0.1) is 27.0 Å². The highest BCUT2D eigenvalue weighted by molar-refractivity contribution is 7.92. The van der Waals surface area contributed by atoms with Crippen molar-refractivity contribution >= 4 is 67.5 Å². The molecule has 0 aliphatic heterocycles. The van der Waals surface area contributed by atoms with Gasteiger partial charge in [-0.2, -0.15) is 5.10 Å². The van der Waals surface area contributed by atoms with Crippen LogP contribution in [0.5, 0.6) is 0 Å². The summed E-state index contributed by atoms with van der Waals surface area (Å²) in [5, 5.41) is 6.54. The van der Waals surface area contributed by atoms with Crippen molar-refractivity contribution in [2.75, 3.05) is 10.5 Å². The molecule has 4 aromatic rings. The number of nitrogens with zero attached hydrogens (tertiary/aromatic N) is 3. The quantitative estimate of drug-likeness (QED) is 0.381. The van der Waals surface area contributed by atoms with Gasteiger partial charge >= 0.3 is 0 Å². The predicted octanol–water partition coefficient (Wildman–Crippen LogP) is 4.36. The molecule has 12 heteroatoms. The number of aromatic nitrogens is 4. The van der Waals surface area contributed by atoms with Crippen LogP contribution >= 0.6 is 34.8 Å². The number of hydrogen-bond acceptors (Lipinski definition) is 6. The van der Waals surface area contributed by atoms with E-state index < -0.39 is 10.0 Å². The van der Waals surface area contributed by atoms with Gasteiger partial charge in [0, 0.05) is 11.3 Å². The van der Waals surface area contributed by atoms with Crippen molar-refractivity contribution in [2.45, 2.75) is 4.90 Å². The molecule has 0 bridgehead atoms. The molecule has 8 nitrogen and oxygen atoms in total. The van der Waals surface area contributed by atoms with Crippen LogP contribution in [0.3, 0.4) is 0 Å². The van der Waals surface area contributed by atoms with Crippen molar-refractivity contribution in [3.8, 4) is 11.3 Å². The minimum absolute atomic E-state index is 0.0278. The smallest absolute Gasteiger partial charge is 0.263 e. The van der Waals surface area contributed by atoms with E-state index >= 15 is 0 Å². The van der Waals surface area contributed by atoms with Crippen LogP contribution in [0.15, 0.2) is 47.5 Å². The number of fused-ring (bicyclic) bond motifs is 1. The number of sulfonamides is 1. The van der Waals surface area contributed by atoms with Gasteiger partial charge in [0.15, 0.2) is 17.0 Å². The number of nitrogens with one attached hydrogen (secondary N) is 2. The summed E-state index contributed by atoms with van der Waals surface area (Å²) in [7, 11) is -3.97. The summed E-state index contributed by atoms with van der Waals surface area (Å²) in [6.45, 7) is 0. The van der Waals surface area contributed by atoms with Crippen LogP contribution in [-0.4, -0.2) is 28.6 Å². The van der Waals surface area contributed by atoms with Crippen LogP contribution < -0.4 is 10.5 Å². The Morgan fingerprint density at radius 1 is 1.00 bits per heavy atom. The molecule has 0 saturated heterocycles. The zero-order valence-electron chi connectivity index (χ0n) is 14.3. The highest BCUT2D eigenvalue weighted by Crippen LogP contribution is 2.35. The number of benzene rings is 2. The van der Waals surface area contributed by atoms with Gasteiger partial charge in [-0.05, 0) is 24.3 Å². The SMILES string of the molecule is Nc1n[nH]c2nc(-c3ccc(NS(=O)(=O)c4ccc(Cl)c(Cl)c4Cl)cc3)cnc12. The van der Waals surface area contributed by atoms with Gasteiger partial charge in [0.25, 0.3) is 10.0 Å². The average molecular weight is 470 g/mol. The molecular formula is C17H11Cl3N6O2S. The highest BCUT2D eigenvalue weighted by atomic mass is 35.5. The summed E-state index contributed by atoms with van der Waals surface area (Å²) in [5.74, 6) is 0.268. The van der Waals surface area contributed by atoms with Crippen LogP contribution in [0.2, 0.25) is 15.1 Å². The number of nitrogens with two attached hydrogens (primary N) is 1. The van der Waals surface area contributed by atoms with E-state index in [0.717, 1.165) is 5.56 Å². The number of H-pyrrole nitrogens is 1. The van der Waals surface area contributed by atoms with Gasteiger partial charge in [-0.25, -0.2) is 18.4 Å². The molecule has 0 atom stereocenters. The molecule has 0 spiro atoms. The van der Waals surface area contributed by atoms with Crippen molar-refractivity contribution in [1.82, 2.24) is 20.2 Å². The van der Waals surface area contributed by atoms with E-state index in [2.05, 4.69) is 24.9 Å². The molecule has 2 aromatic carbocycles. The molecule has 4 rings (SSSR count). The Hall–Kier alpha value is -2.59. The van der Waals surface area contributed by atoms with E-state index in [4.69, 9.17) is 40.5 Å². The summed E-state index contributed by atoms with van der Waals surface area (Å²) < 4.78 is 27.7. The second kappa shape index (κ2) is 7.34. The number of nitrogen functional groups attached to an aromatic ring is 1. The van der Waals surface area contributed by atoms with Gasteiger partial charge in [0.1, 0.15) is 4.90 Å². The number of hydrogen-bond donors (Lipinski definition) is 3. The molecule has 2 heterocycles. The van der Waals surface area contributed by atoms with Crippen molar-refractivity contribution in [1.29, 1.82) is 0 Å². The summed E-state index contributed by atoms with van der Waals surface area (Å²) in [5.41, 5.74) is 8.25. The standard InChI is InChI=1S/C17H11Cl3N6O2S/c18-10-5-6-12(14(20)13(10)19)29(27,28)26-9-3-1-8(2-4-9)11-7-22-15-16(21)24-25-17(15)23-11/h1-7,26H,(H3,21,23,24,25). The molecule has 0 unspecified atom stereocenters. The minimum atomic E-state index is -3.97. The van der Waals surface area contributed by atoms with Crippen molar-refractivity contribution in [2.24, 2.45) is 0 Å². The summed E-state index contributed by atoms with van der Waals surface area (Å²) in [6, 6.07) is 9.23. The fourth-order valence-electron chi connectivity index (χ4n) is 2.59. The van der Waals surface area contributed by atoms with Gasteiger partial charge < -0.3 is 5.73 Å². The van der Waals surface area contributed by atoms with Crippen LogP contribution in [-0.2, 0) is 10.0 Å².